The third-order valence-electron chi connectivity index (χ3n) is 9.15. The molecule has 1 amide bonds. The van der Waals surface area contributed by atoms with E-state index in [-0.39, 0.29) is 24.0 Å². The fourth-order valence-electron chi connectivity index (χ4n) is 7.38. The van der Waals surface area contributed by atoms with Crippen molar-refractivity contribution in [3.63, 3.8) is 0 Å². The summed E-state index contributed by atoms with van der Waals surface area (Å²) in [7, 11) is 0. The number of hydrogen-bond acceptors (Lipinski definition) is 3. The minimum atomic E-state index is -4.42. The van der Waals surface area contributed by atoms with Crippen LogP contribution in [0.1, 0.15) is 43.7 Å². The number of aliphatic hydroxyl groups excluding tert-OH is 1. The zero-order chi connectivity index (χ0) is 23.8. The van der Waals surface area contributed by atoms with E-state index in [1.807, 2.05) is 24.3 Å². The summed E-state index contributed by atoms with van der Waals surface area (Å²) in [5, 5.41) is 10.5. The van der Waals surface area contributed by atoms with Crippen LogP contribution >= 0.6 is 0 Å². The van der Waals surface area contributed by atoms with Crippen molar-refractivity contribution in [1.82, 2.24) is 4.90 Å². The quantitative estimate of drug-likeness (QED) is 0.629. The predicted molar refractivity (Wildman–Crippen MR) is 123 cm³/mol. The molecule has 180 valence electrons. The van der Waals surface area contributed by atoms with Crippen molar-refractivity contribution in [1.29, 1.82) is 0 Å². The molecule has 0 bridgehead atoms. The van der Waals surface area contributed by atoms with Crippen molar-refractivity contribution in [3.05, 3.63) is 59.7 Å². The maximum atomic E-state index is 14.3. The highest BCUT2D eigenvalue weighted by atomic mass is 19.4. The predicted octanol–water partition coefficient (Wildman–Crippen LogP) is 5.12. The van der Waals surface area contributed by atoms with Gasteiger partial charge in [0.2, 0.25) is 5.91 Å². The minimum Gasteiger partial charge on any atom is -0.393 e. The van der Waals surface area contributed by atoms with Crippen LogP contribution in [0.5, 0.6) is 0 Å². The van der Waals surface area contributed by atoms with Crippen LogP contribution in [0.2, 0.25) is 0 Å². The zero-order valence-electron chi connectivity index (χ0n) is 19.1. The number of para-hydroxylation sites is 1. The summed E-state index contributed by atoms with van der Waals surface area (Å²) >= 11 is 0. The normalized spacial score (nSPS) is 35.4. The average Bonchev–Trinajstić information content (AvgIpc) is 3.31. The van der Waals surface area contributed by atoms with Gasteiger partial charge in [0, 0.05) is 18.3 Å². The van der Waals surface area contributed by atoms with Gasteiger partial charge in [-0.2, -0.15) is 13.2 Å². The molecule has 4 aliphatic rings. The van der Waals surface area contributed by atoms with Gasteiger partial charge in [-0.3, -0.25) is 14.6 Å². The number of aliphatic hydroxyl groups is 1. The lowest BCUT2D eigenvalue weighted by molar-refractivity contribution is -0.137. The van der Waals surface area contributed by atoms with Crippen molar-refractivity contribution in [2.45, 2.75) is 56.3 Å². The Hall–Kier alpha value is -2.38. The maximum Gasteiger partial charge on any atom is 0.416 e. The summed E-state index contributed by atoms with van der Waals surface area (Å²) in [5.74, 6) is 1.09. The van der Waals surface area contributed by atoms with Gasteiger partial charge in [-0.05, 0) is 85.9 Å². The van der Waals surface area contributed by atoms with Gasteiger partial charge >= 0.3 is 6.18 Å². The largest absolute Gasteiger partial charge is 0.416 e. The van der Waals surface area contributed by atoms with Crippen LogP contribution in [-0.2, 0) is 16.4 Å². The molecule has 7 heteroatoms. The SMILES string of the molecule is C[C@@H]1[C@H]2C[C@@H]3N(CC[C@@]34C(=O)N(c3ccc(C(F)(F)F)cc3)c3ccccc34)C[C@@H]2CC[C@@H]1O. The van der Waals surface area contributed by atoms with E-state index in [9.17, 15) is 23.1 Å². The van der Waals surface area contributed by atoms with Gasteiger partial charge in [-0.15, -0.1) is 0 Å². The fraction of sp³-hybridized carbons (Fsp3) is 0.519. The second-order valence-corrected chi connectivity index (χ2v) is 10.6. The van der Waals surface area contributed by atoms with Crippen LogP contribution in [-0.4, -0.2) is 41.1 Å². The van der Waals surface area contributed by atoms with Crippen molar-refractivity contribution < 1.29 is 23.1 Å². The molecule has 2 aromatic rings. The summed E-state index contributed by atoms with van der Waals surface area (Å²) in [5.41, 5.74) is 0.798. The molecule has 1 N–H and O–H groups in total. The number of halogens is 3. The number of piperidine rings is 1. The molecular formula is C27H29F3N2O2. The first-order valence-electron chi connectivity index (χ1n) is 12.3. The molecule has 0 unspecified atom stereocenters. The summed E-state index contributed by atoms with van der Waals surface area (Å²) in [6, 6.07) is 12.7. The van der Waals surface area contributed by atoms with Gasteiger partial charge in [-0.1, -0.05) is 25.1 Å². The number of hydrogen-bond donors (Lipinski definition) is 1. The Labute approximate surface area is 197 Å². The number of nitrogens with zero attached hydrogens (tertiary/aromatic N) is 2. The first-order chi connectivity index (χ1) is 16.2. The van der Waals surface area contributed by atoms with Crippen LogP contribution in [0.3, 0.4) is 0 Å². The molecule has 0 aromatic heterocycles. The van der Waals surface area contributed by atoms with E-state index >= 15 is 0 Å². The number of amides is 1. The van der Waals surface area contributed by atoms with E-state index in [4.69, 9.17) is 0 Å². The molecule has 2 aromatic carbocycles. The monoisotopic (exact) mass is 470 g/mol. The fourth-order valence-corrected chi connectivity index (χ4v) is 7.38. The topological polar surface area (TPSA) is 43.8 Å². The molecule has 2 saturated heterocycles. The molecule has 3 aliphatic heterocycles. The van der Waals surface area contributed by atoms with Gasteiger partial charge in [0.15, 0.2) is 0 Å². The van der Waals surface area contributed by atoms with Gasteiger partial charge < -0.3 is 5.11 Å². The van der Waals surface area contributed by atoms with E-state index in [0.29, 0.717) is 23.9 Å². The second-order valence-electron chi connectivity index (χ2n) is 10.6. The number of carbonyl (C=O) groups excluding carboxylic acids is 1. The minimum absolute atomic E-state index is 0.0367. The number of carbonyl (C=O) groups is 1. The van der Waals surface area contributed by atoms with Crippen molar-refractivity contribution in [2.75, 3.05) is 18.0 Å². The lowest BCUT2D eigenvalue weighted by Gasteiger charge is -2.50. The first kappa shape index (κ1) is 22.1. The third-order valence-corrected chi connectivity index (χ3v) is 9.15. The second kappa shape index (κ2) is 7.56. The van der Waals surface area contributed by atoms with Gasteiger partial charge in [0.25, 0.3) is 0 Å². The first-order valence-corrected chi connectivity index (χ1v) is 12.3. The Kier molecular flexibility index (Phi) is 4.91. The molecular weight excluding hydrogens is 441 g/mol. The molecule has 1 saturated carbocycles. The molecule has 4 nitrogen and oxygen atoms in total. The van der Waals surface area contributed by atoms with Gasteiger partial charge in [0.1, 0.15) is 0 Å². The van der Waals surface area contributed by atoms with Crippen molar-refractivity contribution >= 4 is 17.3 Å². The summed E-state index contributed by atoms with van der Waals surface area (Å²) in [6.45, 7) is 3.92. The molecule has 3 heterocycles. The van der Waals surface area contributed by atoms with Gasteiger partial charge in [-0.25, -0.2) is 0 Å². The van der Waals surface area contributed by atoms with Gasteiger partial charge in [0.05, 0.1) is 22.8 Å². The smallest absolute Gasteiger partial charge is 0.393 e. The highest BCUT2D eigenvalue weighted by Crippen LogP contribution is 2.57. The lowest BCUT2D eigenvalue weighted by Crippen LogP contribution is -2.56. The molecule has 0 radical (unpaired) electrons. The summed E-state index contributed by atoms with van der Waals surface area (Å²) in [6.07, 6.45) is -1.27. The van der Waals surface area contributed by atoms with Crippen LogP contribution in [0.4, 0.5) is 24.5 Å². The number of anilines is 2. The molecule has 1 aliphatic carbocycles. The Morgan fingerprint density at radius 2 is 1.79 bits per heavy atom. The van der Waals surface area contributed by atoms with Crippen LogP contribution in [0.15, 0.2) is 48.5 Å². The van der Waals surface area contributed by atoms with Crippen LogP contribution < -0.4 is 4.90 Å². The Morgan fingerprint density at radius 1 is 1.06 bits per heavy atom. The van der Waals surface area contributed by atoms with E-state index in [1.165, 1.54) is 12.1 Å². The number of alkyl halides is 3. The van der Waals surface area contributed by atoms with Crippen molar-refractivity contribution in [2.24, 2.45) is 17.8 Å². The molecule has 3 fully saturated rings. The maximum absolute atomic E-state index is 14.3. The van der Waals surface area contributed by atoms with Crippen LogP contribution in [0.25, 0.3) is 0 Å². The number of fused-ring (bicyclic) bond motifs is 5. The Balaban J connectivity index is 1.40. The van der Waals surface area contributed by atoms with E-state index in [1.54, 1.807) is 4.90 Å². The van der Waals surface area contributed by atoms with Crippen LogP contribution in [0, 0.1) is 17.8 Å². The summed E-state index contributed by atoms with van der Waals surface area (Å²) < 4.78 is 39.4. The van der Waals surface area contributed by atoms with E-state index in [0.717, 1.165) is 55.7 Å². The summed E-state index contributed by atoms with van der Waals surface area (Å²) in [4.78, 5) is 18.4. The molecule has 34 heavy (non-hydrogen) atoms. The third kappa shape index (κ3) is 3.02. The molecule has 6 atom stereocenters. The Bertz CT molecular complexity index is 1120. The average molecular weight is 471 g/mol. The highest BCUT2D eigenvalue weighted by Gasteiger charge is 2.62. The zero-order valence-corrected chi connectivity index (χ0v) is 19.1. The number of benzene rings is 2. The Morgan fingerprint density at radius 3 is 2.53 bits per heavy atom. The number of rotatable bonds is 1. The molecule has 1 spiro atoms. The van der Waals surface area contributed by atoms with E-state index < -0.39 is 17.2 Å². The van der Waals surface area contributed by atoms with E-state index in [2.05, 4.69) is 11.8 Å². The standard InChI is InChI=1S/C27H29F3N2O2/c1-16-20-14-24-26(12-13-31(24)15-17(20)6-11-23(16)33)21-4-2-3-5-22(21)32(25(26)34)19-9-7-18(8-10-19)27(28,29)30/h2-5,7-10,16-17,20,23-24,33H,6,11-15H2,1H3/t16-,17+,20-,23+,24+,26+/m1/s1. The van der Waals surface area contributed by atoms with Crippen molar-refractivity contribution in [3.8, 4) is 0 Å². The molecule has 6 rings (SSSR count). The lowest BCUT2D eigenvalue weighted by atomic mass is 9.62. The highest BCUT2D eigenvalue weighted by molar-refractivity contribution is 6.13.